The van der Waals surface area contributed by atoms with Gasteiger partial charge in [-0.2, -0.15) is 0 Å². The van der Waals surface area contributed by atoms with Crippen LogP contribution in [0.1, 0.15) is 26.3 Å². The molecule has 0 spiro atoms. The Morgan fingerprint density at radius 1 is 0.889 bits per heavy atom. The SMILES string of the molecule is O=C(NCc1ccc(C(=O)N2CCN(CCO)CC2)cc1)c1ccccc1. The Hall–Kier alpha value is -2.70. The summed E-state index contributed by atoms with van der Waals surface area (Å²) >= 11 is 0. The van der Waals surface area contributed by atoms with E-state index in [0.717, 1.165) is 18.7 Å². The number of amides is 2. The van der Waals surface area contributed by atoms with Crippen LogP contribution in [-0.2, 0) is 6.54 Å². The Labute approximate surface area is 159 Å². The number of hydrogen-bond acceptors (Lipinski definition) is 4. The van der Waals surface area contributed by atoms with Crippen LogP contribution in [0.3, 0.4) is 0 Å². The van der Waals surface area contributed by atoms with Gasteiger partial charge in [0, 0.05) is 50.4 Å². The number of β-amino-alcohol motifs (C(OH)–C–C–N with tert-alkyl or cyclic N) is 1. The predicted octanol–water partition coefficient (Wildman–Crippen LogP) is 1.37. The highest BCUT2D eigenvalue weighted by Crippen LogP contribution is 2.11. The summed E-state index contributed by atoms with van der Waals surface area (Å²) in [5.41, 5.74) is 2.23. The van der Waals surface area contributed by atoms with Crippen molar-refractivity contribution >= 4 is 11.8 Å². The van der Waals surface area contributed by atoms with Crippen LogP contribution in [-0.4, -0.2) is 66.1 Å². The van der Waals surface area contributed by atoms with Crippen LogP contribution in [0.5, 0.6) is 0 Å². The first-order valence-corrected chi connectivity index (χ1v) is 9.22. The van der Waals surface area contributed by atoms with Crippen molar-refractivity contribution < 1.29 is 14.7 Å². The topological polar surface area (TPSA) is 72.9 Å². The Balaban J connectivity index is 1.51. The fourth-order valence-electron chi connectivity index (χ4n) is 3.14. The van der Waals surface area contributed by atoms with Crippen molar-refractivity contribution in [1.29, 1.82) is 0 Å². The summed E-state index contributed by atoms with van der Waals surface area (Å²) in [6.45, 7) is 4.15. The molecule has 1 fully saturated rings. The molecule has 2 N–H and O–H groups in total. The molecule has 6 nitrogen and oxygen atoms in total. The average Bonchev–Trinajstić information content (AvgIpc) is 2.73. The molecule has 0 bridgehead atoms. The second-order valence-corrected chi connectivity index (χ2v) is 6.60. The molecule has 0 radical (unpaired) electrons. The molecule has 0 atom stereocenters. The lowest BCUT2D eigenvalue weighted by molar-refractivity contribution is 0.0615. The number of aliphatic hydroxyl groups is 1. The number of carbonyl (C=O) groups is 2. The van der Waals surface area contributed by atoms with Gasteiger partial charge in [0.25, 0.3) is 11.8 Å². The fourth-order valence-corrected chi connectivity index (χ4v) is 3.14. The van der Waals surface area contributed by atoms with Crippen molar-refractivity contribution in [3.63, 3.8) is 0 Å². The fraction of sp³-hybridized carbons (Fsp3) is 0.333. The molecule has 2 amide bonds. The normalized spacial score (nSPS) is 14.8. The number of nitrogens with zero attached hydrogens (tertiary/aromatic N) is 2. The van der Waals surface area contributed by atoms with Crippen molar-refractivity contribution in [3.8, 4) is 0 Å². The van der Waals surface area contributed by atoms with Crippen LogP contribution in [0.2, 0.25) is 0 Å². The summed E-state index contributed by atoms with van der Waals surface area (Å²) in [6.07, 6.45) is 0. The number of carbonyl (C=O) groups excluding carboxylic acids is 2. The number of nitrogens with one attached hydrogen (secondary N) is 1. The summed E-state index contributed by atoms with van der Waals surface area (Å²) in [6, 6.07) is 16.5. The van der Waals surface area contributed by atoms with E-state index in [1.807, 2.05) is 47.4 Å². The van der Waals surface area contributed by atoms with Crippen molar-refractivity contribution in [2.24, 2.45) is 0 Å². The minimum absolute atomic E-state index is 0.0264. The van der Waals surface area contributed by atoms with Gasteiger partial charge in [-0.15, -0.1) is 0 Å². The number of rotatable bonds is 6. The van der Waals surface area contributed by atoms with Gasteiger partial charge in [0.1, 0.15) is 0 Å². The van der Waals surface area contributed by atoms with Gasteiger partial charge in [0.15, 0.2) is 0 Å². The largest absolute Gasteiger partial charge is 0.395 e. The van der Waals surface area contributed by atoms with Crippen molar-refractivity contribution in [2.75, 3.05) is 39.3 Å². The molecule has 1 aliphatic rings. The predicted molar refractivity (Wildman–Crippen MR) is 103 cm³/mol. The zero-order chi connectivity index (χ0) is 19.1. The minimum Gasteiger partial charge on any atom is -0.395 e. The molecule has 1 aliphatic heterocycles. The van der Waals surface area contributed by atoms with E-state index in [0.29, 0.717) is 37.3 Å². The first-order valence-electron chi connectivity index (χ1n) is 9.22. The average molecular weight is 367 g/mol. The molecule has 2 aromatic rings. The summed E-state index contributed by atoms with van der Waals surface area (Å²) < 4.78 is 0. The van der Waals surface area contributed by atoms with E-state index in [1.54, 1.807) is 12.1 Å². The van der Waals surface area contributed by atoms with E-state index in [-0.39, 0.29) is 18.4 Å². The number of benzene rings is 2. The van der Waals surface area contributed by atoms with E-state index in [2.05, 4.69) is 10.2 Å². The summed E-state index contributed by atoms with van der Waals surface area (Å²) in [5, 5.41) is 11.9. The zero-order valence-corrected chi connectivity index (χ0v) is 15.3. The second-order valence-electron chi connectivity index (χ2n) is 6.60. The van der Waals surface area contributed by atoms with E-state index < -0.39 is 0 Å². The van der Waals surface area contributed by atoms with Crippen LogP contribution < -0.4 is 5.32 Å². The second kappa shape index (κ2) is 9.30. The van der Waals surface area contributed by atoms with Gasteiger partial charge in [0.2, 0.25) is 0 Å². The van der Waals surface area contributed by atoms with Crippen LogP contribution in [0.25, 0.3) is 0 Å². The third-order valence-electron chi connectivity index (χ3n) is 4.77. The van der Waals surface area contributed by atoms with Gasteiger partial charge in [-0.1, -0.05) is 30.3 Å². The molecule has 1 heterocycles. The molecule has 0 aliphatic carbocycles. The minimum atomic E-state index is -0.114. The maximum atomic E-state index is 12.6. The molecular formula is C21H25N3O3. The number of aliphatic hydroxyl groups excluding tert-OH is 1. The molecule has 0 aromatic heterocycles. The van der Waals surface area contributed by atoms with Crippen molar-refractivity contribution in [1.82, 2.24) is 15.1 Å². The summed E-state index contributed by atoms with van der Waals surface area (Å²) in [5.74, 6) is -0.0879. The lowest BCUT2D eigenvalue weighted by Crippen LogP contribution is -2.49. The third-order valence-corrected chi connectivity index (χ3v) is 4.77. The molecule has 27 heavy (non-hydrogen) atoms. The van der Waals surface area contributed by atoms with Gasteiger partial charge in [-0.25, -0.2) is 0 Å². The van der Waals surface area contributed by atoms with Crippen molar-refractivity contribution in [2.45, 2.75) is 6.54 Å². The van der Waals surface area contributed by atoms with Crippen LogP contribution in [0.15, 0.2) is 54.6 Å². The lowest BCUT2D eigenvalue weighted by atomic mass is 10.1. The maximum absolute atomic E-state index is 12.6. The van der Waals surface area contributed by atoms with Gasteiger partial charge in [-0.3, -0.25) is 14.5 Å². The lowest BCUT2D eigenvalue weighted by Gasteiger charge is -2.34. The quantitative estimate of drug-likeness (QED) is 0.809. The first kappa shape index (κ1) is 19.1. The van der Waals surface area contributed by atoms with Crippen molar-refractivity contribution in [3.05, 3.63) is 71.3 Å². The first-order chi connectivity index (χ1) is 13.2. The Bertz CT molecular complexity index is 754. The monoisotopic (exact) mass is 367 g/mol. The highest BCUT2D eigenvalue weighted by Gasteiger charge is 2.21. The molecule has 1 saturated heterocycles. The molecular weight excluding hydrogens is 342 g/mol. The van der Waals surface area contributed by atoms with Gasteiger partial charge >= 0.3 is 0 Å². The highest BCUT2D eigenvalue weighted by atomic mass is 16.3. The molecule has 3 rings (SSSR count). The molecule has 6 heteroatoms. The van der Waals surface area contributed by atoms with Crippen LogP contribution >= 0.6 is 0 Å². The van der Waals surface area contributed by atoms with Gasteiger partial charge < -0.3 is 15.3 Å². The van der Waals surface area contributed by atoms with Crippen LogP contribution in [0.4, 0.5) is 0 Å². The maximum Gasteiger partial charge on any atom is 0.253 e. The number of piperazine rings is 1. The van der Waals surface area contributed by atoms with E-state index in [1.165, 1.54) is 0 Å². The Morgan fingerprint density at radius 3 is 2.19 bits per heavy atom. The van der Waals surface area contributed by atoms with E-state index >= 15 is 0 Å². The Morgan fingerprint density at radius 2 is 1.56 bits per heavy atom. The van der Waals surface area contributed by atoms with Gasteiger partial charge in [-0.05, 0) is 29.8 Å². The smallest absolute Gasteiger partial charge is 0.253 e. The molecule has 0 unspecified atom stereocenters. The standard InChI is InChI=1S/C21H25N3O3/c25-15-14-23-10-12-24(13-11-23)21(27)19-8-6-17(7-9-19)16-22-20(26)18-4-2-1-3-5-18/h1-9,25H,10-16H2,(H,22,26). The Kier molecular flexibility index (Phi) is 6.57. The van der Waals surface area contributed by atoms with Crippen LogP contribution in [0, 0.1) is 0 Å². The summed E-state index contributed by atoms with van der Waals surface area (Å²) in [4.78, 5) is 28.7. The highest BCUT2D eigenvalue weighted by molar-refractivity contribution is 5.95. The molecule has 142 valence electrons. The zero-order valence-electron chi connectivity index (χ0n) is 15.3. The summed E-state index contributed by atoms with van der Waals surface area (Å²) in [7, 11) is 0. The molecule has 2 aromatic carbocycles. The molecule has 0 saturated carbocycles. The van der Waals surface area contributed by atoms with Gasteiger partial charge in [0.05, 0.1) is 6.61 Å². The number of hydrogen-bond donors (Lipinski definition) is 2. The van der Waals surface area contributed by atoms with E-state index in [9.17, 15) is 9.59 Å². The van der Waals surface area contributed by atoms with E-state index in [4.69, 9.17) is 5.11 Å². The third kappa shape index (κ3) is 5.15.